The zero-order chi connectivity index (χ0) is 19.5. The summed E-state index contributed by atoms with van der Waals surface area (Å²) in [5, 5.41) is 3.21. The average Bonchev–Trinajstić information content (AvgIpc) is 2.72. The molecule has 2 aliphatic heterocycles. The fourth-order valence-corrected chi connectivity index (χ4v) is 3.84. The summed E-state index contributed by atoms with van der Waals surface area (Å²) < 4.78 is 0. The monoisotopic (exact) mass is 371 g/mol. The molecule has 0 bridgehead atoms. The maximum atomic E-state index is 12.7. The third-order valence-corrected chi connectivity index (χ3v) is 5.37. The van der Waals surface area contributed by atoms with E-state index in [-0.39, 0.29) is 5.91 Å². The Kier molecular flexibility index (Phi) is 5.11. The highest BCUT2D eigenvalue weighted by Crippen LogP contribution is 2.28. The lowest BCUT2D eigenvalue weighted by Crippen LogP contribution is -2.37. The number of benzene rings is 1. The second kappa shape index (κ2) is 7.85. The molecule has 4 nitrogen and oxygen atoms in total. The van der Waals surface area contributed by atoms with E-state index >= 15 is 0 Å². The van der Waals surface area contributed by atoms with Gasteiger partial charge in [0.2, 0.25) is 5.91 Å². The molecule has 2 aliphatic rings. The number of carbonyl (C=O) groups is 1. The van der Waals surface area contributed by atoms with E-state index in [9.17, 15) is 4.79 Å². The molecule has 1 aromatic carbocycles. The molecule has 0 fully saturated rings. The summed E-state index contributed by atoms with van der Waals surface area (Å²) in [6.45, 7) is 7.51. The van der Waals surface area contributed by atoms with Crippen LogP contribution in [0, 0.1) is 5.92 Å². The van der Waals surface area contributed by atoms with E-state index in [1.807, 2.05) is 17.0 Å². The molecule has 3 heterocycles. The normalized spacial score (nSPS) is 19.2. The number of allylic oxidation sites excluding steroid dienone is 1. The van der Waals surface area contributed by atoms with Crippen LogP contribution in [0.4, 0.5) is 5.82 Å². The Bertz CT molecular complexity index is 959. The smallest absolute Gasteiger partial charge is 0.246 e. The Morgan fingerprint density at radius 2 is 2.11 bits per heavy atom. The molecule has 0 aliphatic carbocycles. The second-order valence-electron chi connectivity index (χ2n) is 7.51. The molecule has 1 amide bonds. The van der Waals surface area contributed by atoms with Crippen molar-refractivity contribution in [3.05, 3.63) is 83.7 Å². The third-order valence-electron chi connectivity index (χ3n) is 5.37. The van der Waals surface area contributed by atoms with E-state index in [0.29, 0.717) is 12.5 Å². The van der Waals surface area contributed by atoms with Crippen molar-refractivity contribution in [2.24, 2.45) is 5.92 Å². The largest absolute Gasteiger partial charge is 0.344 e. The highest BCUT2D eigenvalue weighted by Gasteiger charge is 2.22. The lowest BCUT2D eigenvalue weighted by molar-refractivity contribution is -0.125. The Balaban J connectivity index is 1.43. The maximum Gasteiger partial charge on any atom is 0.246 e. The highest BCUT2D eigenvalue weighted by atomic mass is 16.2. The fourth-order valence-electron chi connectivity index (χ4n) is 3.84. The summed E-state index contributed by atoms with van der Waals surface area (Å²) >= 11 is 0. The summed E-state index contributed by atoms with van der Waals surface area (Å²) in [6, 6.07) is 12.5. The molecule has 1 N–H and O–H groups in total. The molecule has 4 heteroatoms. The van der Waals surface area contributed by atoms with E-state index in [0.717, 1.165) is 36.5 Å². The first-order valence-electron chi connectivity index (χ1n) is 9.76. The predicted octanol–water partition coefficient (Wildman–Crippen LogP) is 4.53. The summed E-state index contributed by atoms with van der Waals surface area (Å²) in [5.41, 5.74) is 5.69. The van der Waals surface area contributed by atoms with Crippen molar-refractivity contribution in [3.63, 3.8) is 0 Å². The number of fused-ring (bicyclic) bond motifs is 1. The van der Waals surface area contributed by atoms with E-state index in [1.54, 1.807) is 12.3 Å². The first-order chi connectivity index (χ1) is 13.6. The Hall–Kier alpha value is -3.14. The maximum absolute atomic E-state index is 12.7. The number of hydrogen-bond donors (Lipinski definition) is 1. The molecule has 2 aromatic rings. The summed E-state index contributed by atoms with van der Waals surface area (Å²) in [7, 11) is 0. The van der Waals surface area contributed by atoms with E-state index in [1.165, 1.54) is 16.7 Å². The number of aryl methyl sites for hydroxylation is 1. The Labute approximate surface area is 166 Å². The van der Waals surface area contributed by atoms with Crippen molar-refractivity contribution in [2.45, 2.75) is 19.8 Å². The zero-order valence-electron chi connectivity index (χ0n) is 16.2. The van der Waals surface area contributed by atoms with Crippen molar-refractivity contribution in [1.82, 2.24) is 9.88 Å². The van der Waals surface area contributed by atoms with Gasteiger partial charge in [0.25, 0.3) is 0 Å². The van der Waals surface area contributed by atoms with Gasteiger partial charge < -0.3 is 10.2 Å². The van der Waals surface area contributed by atoms with Crippen LogP contribution in [0.15, 0.2) is 67.0 Å². The minimum atomic E-state index is 0.0411. The number of carbonyl (C=O) groups excluding carboxylic acids is 1. The lowest BCUT2D eigenvalue weighted by atomic mass is 9.90. The summed E-state index contributed by atoms with van der Waals surface area (Å²) in [5.74, 6) is 1.24. The van der Waals surface area contributed by atoms with Crippen LogP contribution >= 0.6 is 0 Å². The Morgan fingerprint density at radius 1 is 1.29 bits per heavy atom. The van der Waals surface area contributed by atoms with Crippen LogP contribution in [0.1, 0.15) is 30.0 Å². The number of aromatic nitrogens is 1. The molecule has 1 aromatic heterocycles. The molecule has 4 rings (SSSR count). The van der Waals surface area contributed by atoms with Gasteiger partial charge in [-0.1, -0.05) is 49.9 Å². The van der Waals surface area contributed by atoms with Crippen molar-refractivity contribution < 1.29 is 4.79 Å². The number of nitrogens with one attached hydrogen (secondary N) is 1. The van der Waals surface area contributed by atoms with Crippen LogP contribution in [-0.4, -0.2) is 28.9 Å². The summed E-state index contributed by atoms with van der Waals surface area (Å²) in [4.78, 5) is 19.0. The molecular formula is C24H25N3O. The van der Waals surface area contributed by atoms with E-state index in [2.05, 4.69) is 60.2 Å². The fraction of sp³-hybridized carbons (Fsp3) is 0.250. The van der Waals surface area contributed by atoms with Gasteiger partial charge in [0.05, 0.1) is 0 Å². The third kappa shape index (κ3) is 3.91. The number of amides is 1. The first-order valence-corrected chi connectivity index (χ1v) is 9.76. The molecule has 1 atom stereocenters. The van der Waals surface area contributed by atoms with E-state index in [4.69, 9.17) is 0 Å². The van der Waals surface area contributed by atoms with Gasteiger partial charge in [-0.3, -0.25) is 4.79 Å². The molecule has 0 radical (unpaired) electrons. The van der Waals surface area contributed by atoms with Crippen LogP contribution in [0.5, 0.6) is 0 Å². The quantitative estimate of drug-likeness (QED) is 0.807. The van der Waals surface area contributed by atoms with Crippen molar-refractivity contribution in [1.29, 1.82) is 0 Å². The molecular weight excluding hydrogens is 346 g/mol. The van der Waals surface area contributed by atoms with Gasteiger partial charge in [0, 0.05) is 31.1 Å². The minimum absolute atomic E-state index is 0.0411. The lowest BCUT2D eigenvalue weighted by Gasteiger charge is -2.30. The van der Waals surface area contributed by atoms with Crippen molar-refractivity contribution in [2.75, 3.05) is 18.4 Å². The van der Waals surface area contributed by atoms with Crippen LogP contribution in [0.2, 0.25) is 0 Å². The van der Waals surface area contributed by atoms with Crippen LogP contribution in [-0.2, 0) is 11.2 Å². The van der Waals surface area contributed by atoms with Crippen LogP contribution in [0.25, 0.3) is 11.6 Å². The van der Waals surface area contributed by atoms with Crippen LogP contribution < -0.4 is 5.32 Å². The van der Waals surface area contributed by atoms with Gasteiger partial charge in [-0.2, -0.15) is 0 Å². The number of nitrogens with zero attached hydrogens (tertiary/aromatic N) is 2. The van der Waals surface area contributed by atoms with Crippen LogP contribution in [0.3, 0.4) is 0 Å². The number of pyridine rings is 1. The molecule has 142 valence electrons. The van der Waals surface area contributed by atoms with Gasteiger partial charge in [-0.15, -0.1) is 0 Å². The van der Waals surface area contributed by atoms with E-state index < -0.39 is 0 Å². The van der Waals surface area contributed by atoms with Gasteiger partial charge in [-0.05, 0) is 53.2 Å². The second-order valence-corrected chi connectivity index (χ2v) is 7.51. The summed E-state index contributed by atoms with van der Waals surface area (Å²) in [6.07, 6.45) is 9.34. The number of rotatable bonds is 3. The highest BCUT2D eigenvalue weighted by molar-refractivity contribution is 5.92. The standard InChI is InChI=1S/C24H25N3O/c1-17-16-27(13-12-22(17)20-6-4-3-5-7-20)23(28)11-9-19-14-21-10-8-18(2)26-24(21)25-15-19/h3-7,9,11-12,14-15,17H,2,8,10,13,16H2,1H3,(H,25,26)/b11-9+. The molecule has 0 saturated carbocycles. The predicted molar refractivity (Wildman–Crippen MR) is 115 cm³/mol. The van der Waals surface area contributed by atoms with Gasteiger partial charge in [0.15, 0.2) is 0 Å². The molecule has 0 spiro atoms. The number of hydrogen-bond acceptors (Lipinski definition) is 3. The first kappa shape index (κ1) is 18.2. The van der Waals surface area contributed by atoms with Gasteiger partial charge in [0.1, 0.15) is 5.82 Å². The molecule has 0 saturated heterocycles. The number of anilines is 1. The van der Waals surface area contributed by atoms with Crippen molar-refractivity contribution >= 4 is 23.4 Å². The SMILES string of the molecule is C=C1CCc2cc(/C=C/C(=O)N3CC=C(c4ccccc4)C(C)C3)cnc2N1. The zero-order valence-corrected chi connectivity index (χ0v) is 16.2. The molecule has 28 heavy (non-hydrogen) atoms. The van der Waals surface area contributed by atoms with Gasteiger partial charge in [-0.25, -0.2) is 4.98 Å². The molecule has 1 unspecified atom stereocenters. The Morgan fingerprint density at radius 3 is 2.89 bits per heavy atom. The topological polar surface area (TPSA) is 45.2 Å². The van der Waals surface area contributed by atoms with Gasteiger partial charge >= 0.3 is 0 Å². The average molecular weight is 371 g/mol. The van der Waals surface area contributed by atoms with Crippen molar-refractivity contribution in [3.8, 4) is 0 Å². The minimum Gasteiger partial charge on any atom is -0.344 e.